The Balaban J connectivity index is 1.18. The highest BCUT2D eigenvalue weighted by molar-refractivity contribution is 5.78. The van der Waals surface area contributed by atoms with Crippen LogP contribution >= 0.6 is 0 Å². The number of rotatable bonds is 6. The number of nitrogens with zero attached hydrogens (tertiary/aromatic N) is 6. The molecule has 0 saturated carbocycles. The molecule has 168 valence electrons. The van der Waals surface area contributed by atoms with Gasteiger partial charge in [-0.3, -0.25) is 14.6 Å². The fourth-order valence-corrected chi connectivity index (χ4v) is 4.19. The first-order valence-corrected chi connectivity index (χ1v) is 11.2. The molecule has 2 fully saturated rings. The molecule has 2 saturated heterocycles. The van der Waals surface area contributed by atoms with E-state index in [1.807, 2.05) is 28.0 Å². The molecule has 2 aliphatic rings. The van der Waals surface area contributed by atoms with Crippen LogP contribution in [0.25, 0.3) is 6.08 Å². The number of carbonyl (C=O) groups is 1. The lowest BCUT2D eigenvalue weighted by molar-refractivity contribution is -0.133. The summed E-state index contributed by atoms with van der Waals surface area (Å²) in [6.45, 7) is 9.48. The monoisotopic (exact) mass is 434 g/mol. The number of hydrogen-bond donors (Lipinski definition) is 0. The first-order chi connectivity index (χ1) is 15.6. The molecule has 0 atom stereocenters. The van der Waals surface area contributed by atoms with E-state index in [1.165, 1.54) is 5.56 Å². The fraction of sp³-hybridized carbons (Fsp3) is 0.458. The number of benzene rings is 1. The van der Waals surface area contributed by atoms with Gasteiger partial charge in [-0.05, 0) is 5.56 Å². The third-order valence-electron chi connectivity index (χ3n) is 6.04. The van der Waals surface area contributed by atoms with E-state index in [2.05, 4.69) is 45.1 Å². The number of hydrogen-bond acceptors (Lipinski definition) is 7. The van der Waals surface area contributed by atoms with Crippen LogP contribution in [-0.4, -0.2) is 91.0 Å². The highest BCUT2D eigenvalue weighted by Crippen LogP contribution is 2.22. The standard InChI is InChI=1S/C24H30N6O2/c1-20-26-22(18-25)24(32-20)30-16-14-29(15-17-30)23(31)19-28-12-10-27(11-13-28)9-5-8-21-6-3-2-4-7-21/h2-8H,9-17,19H2,1H3/b8-5+. The van der Waals surface area contributed by atoms with Gasteiger partial charge in [-0.15, -0.1) is 0 Å². The van der Waals surface area contributed by atoms with E-state index in [1.54, 1.807) is 6.92 Å². The number of carbonyl (C=O) groups excluding carboxylic acids is 1. The zero-order valence-corrected chi connectivity index (χ0v) is 18.6. The summed E-state index contributed by atoms with van der Waals surface area (Å²) in [6.07, 6.45) is 4.37. The average Bonchev–Trinajstić information content (AvgIpc) is 3.22. The van der Waals surface area contributed by atoms with E-state index < -0.39 is 0 Å². The molecule has 0 radical (unpaired) electrons. The fourth-order valence-electron chi connectivity index (χ4n) is 4.19. The molecule has 3 heterocycles. The minimum absolute atomic E-state index is 0.177. The summed E-state index contributed by atoms with van der Waals surface area (Å²) in [5.41, 5.74) is 1.54. The predicted octanol–water partition coefficient (Wildman–Crippen LogP) is 1.83. The molecular weight excluding hydrogens is 404 g/mol. The highest BCUT2D eigenvalue weighted by atomic mass is 16.4. The second kappa shape index (κ2) is 10.4. The maximum absolute atomic E-state index is 12.8. The Labute approximate surface area is 189 Å². The van der Waals surface area contributed by atoms with Gasteiger partial charge in [-0.1, -0.05) is 42.5 Å². The smallest absolute Gasteiger partial charge is 0.236 e. The molecule has 2 aromatic rings. The van der Waals surface area contributed by atoms with Gasteiger partial charge >= 0.3 is 0 Å². The van der Waals surface area contributed by atoms with Crippen molar-refractivity contribution in [3.8, 4) is 6.07 Å². The van der Waals surface area contributed by atoms with Crippen LogP contribution < -0.4 is 4.90 Å². The van der Waals surface area contributed by atoms with Crippen LogP contribution in [-0.2, 0) is 4.79 Å². The van der Waals surface area contributed by atoms with Crippen LogP contribution in [0.2, 0.25) is 0 Å². The lowest BCUT2D eigenvalue weighted by Gasteiger charge is -2.37. The van der Waals surface area contributed by atoms with Gasteiger partial charge in [-0.2, -0.15) is 5.26 Å². The van der Waals surface area contributed by atoms with Crippen LogP contribution in [0.3, 0.4) is 0 Å². The maximum atomic E-state index is 12.8. The van der Waals surface area contributed by atoms with Crippen molar-refractivity contribution in [2.45, 2.75) is 6.92 Å². The van der Waals surface area contributed by atoms with Crippen LogP contribution in [0.1, 0.15) is 17.1 Å². The second-order valence-electron chi connectivity index (χ2n) is 8.26. The highest BCUT2D eigenvalue weighted by Gasteiger charge is 2.27. The van der Waals surface area contributed by atoms with E-state index in [4.69, 9.17) is 4.42 Å². The van der Waals surface area contributed by atoms with Crippen molar-refractivity contribution in [1.29, 1.82) is 5.26 Å². The number of aryl methyl sites for hydroxylation is 1. The Morgan fingerprint density at radius 3 is 2.44 bits per heavy atom. The number of piperazine rings is 2. The van der Waals surface area contributed by atoms with E-state index in [9.17, 15) is 10.1 Å². The van der Waals surface area contributed by atoms with E-state index in [0.29, 0.717) is 50.2 Å². The Bertz CT molecular complexity index is 964. The van der Waals surface area contributed by atoms with Crippen molar-refractivity contribution in [1.82, 2.24) is 19.7 Å². The topological polar surface area (TPSA) is 79.9 Å². The molecule has 1 aromatic carbocycles. The zero-order valence-electron chi connectivity index (χ0n) is 18.6. The minimum atomic E-state index is 0.177. The maximum Gasteiger partial charge on any atom is 0.236 e. The number of amides is 1. The molecule has 4 rings (SSSR count). The lowest BCUT2D eigenvalue weighted by Crippen LogP contribution is -2.53. The molecular formula is C24H30N6O2. The van der Waals surface area contributed by atoms with E-state index in [0.717, 1.165) is 32.7 Å². The Kier molecular flexibility index (Phi) is 7.20. The van der Waals surface area contributed by atoms with Gasteiger partial charge in [0, 0.05) is 65.8 Å². The predicted molar refractivity (Wildman–Crippen MR) is 123 cm³/mol. The van der Waals surface area contributed by atoms with Gasteiger partial charge in [0.05, 0.1) is 6.54 Å². The van der Waals surface area contributed by atoms with Crippen molar-refractivity contribution in [3.05, 3.63) is 53.6 Å². The molecule has 1 aromatic heterocycles. The molecule has 0 bridgehead atoms. The van der Waals surface area contributed by atoms with Gasteiger partial charge in [-0.25, -0.2) is 4.98 Å². The van der Waals surface area contributed by atoms with Gasteiger partial charge in [0.1, 0.15) is 6.07 Å². The minimum Gasteiger partial charge on any atom is -0.424 e. The second-order valence-corrected chi connectivity index (χ2v) is 8.26. The zero-order chi connectivity index (χ0) is 22.3. The lowest BCUT2D eigenvalue weighted by atomic mass is 10.2. The van der Waals surface area contributed by atoms with Crippen molar-refractivity contribution < 1.29 is 9.21 Å². The molecule has 0 aliphatic carbocycles. The van der Waals surface area contributed by atoms with Crippen molar-refractivity contribution >= 4 is 17.9 Å². The van der Waals surface area contributed by atoms with Crippen LogP contribution in [0.15, 0.2) is 40.8 Å². The molecule has 1 amide bonds. The molecule has 0 N–H and O–H groups in total. The average molecular weight is 435 g/mol. The van der Waals surface area contributed by atoms with Crippen molar-refractivity contribution in [2.24, 2.45) is 0 Å². The largest absolute Gasteiger partial charge is 0.424 e. The number of anilines is 1. The molecule has 32 heavy (non-hydrogen) atoms. The van der Waals surface area contributed by atoms with Crippen LogP contribution in [0, 0.1) is 18.3 Å². The third-order valence-corrected chi connectivity index (χ3v) is 6.04. The van der Waals surface area contributed by atoms with Gasteiger partial charge in [0.2, 0.25) is 17.5 Å². The molecule has 0 unspecified atom stereocenters. The summed E-state index contributed by atoms with van der Waals surface area (Å²) < 4.78 is 5.60. The summed E-state index contributed by atoms with van der Waals surface area (Å²) in [5.74, 6) is 1.19. The third kappa shape index (κ3) is 5.55. The first kappa shape index (κ1) is 22.1. The summed E-state index contributed by atoms with van der Waals surface area (Å²) in [6, 6.07) is 12.4. The summed E-state index contributed by atoms with van der Waals surface area (Å²) in [4.78, 5) is 25.5. The molecule has 8 nitrogen and oxygen atoms in total. The summed E-state index contributed by atoms with van der Waals surface area (Å²) >= 11 is 0. The van der Waals surface area contributed by atoms with Crippen LogP contribution in [0.4, 0.5) is 5.88 Å². The molecule has 2 aliphatic heterocycles. The summed E-state index contributed by atoms with van der Waals surface area (Å²) in [7, 11) is 0. The van der Waals surface area contributed by atoms with Crippen LogP contribution in [0.5, 0.6) is 0 Å². The van der Waals surface area contributed by atoms with Gasteiger partial charge in [0.25, 0.3) is 0 Å². The van der Waals surface area contributed by atoms with Gasteiger partial charge in [0.15, 0.2) is 5.89 Å². The normalized spacial score (nSPS) is 18.2. The Morgan fingerprint density at radius 1 is 1.06 bits per heavy atom. The quantitative estimate of drug-likeness (QED) is 0.686. The van der Waals surface area contributed by atoms with E-state index >= 15 is 0 Å². The van der Waals surface area contributed by atoms with E-state index in [-0.39, 0.29) is 5.91 Å². The molecule has 0 spiro atoms. The Morgan fingerprint density at radius 2 is 1.75 bits per heavy atom. The number of nitriles is 1. The molecule has 8 heteroatoms. The summed E-state index contributed by atoms with van der Waals surface area (Å²) in [5, 5.41) is 9.23. The van der Waals surface area contributed by atoms with Gasteiger partial charge < -0.3 is 14.2 Å². The van der Waals surface area contributed by atoms with Crippen molar-refractivity contribution in [2.75, 3.05) is 70.3 Å². The van der Waals surface area contributed by atoms with Crippen molar-refractivity contribution in [3.63, 3.8) is 0 Å². The SMILES string of the molecule is Cc1nc(C#N)c(N2CCN(C(=O)CN3CCN(C/C=C/c4ccccc4)CC3)CC2)o1. The number of aromatic nitrogens is 1. The number of oxazole rings is 1. The Hall–Kier alpha value is -3.15. The first-order valence-electron chi connectivity index (χ1n) is 11.2.